The Morgan fingerprint density at radius 2 is 2.32 bits per heavy atom. The summed E-state index contributed by atoms with van der Waals surface area (Å²) in [5.41, 5.74) is 0. The van der Waals surface area contributed by atoms with E-state index in [1.54, 1.807) is 0 Å². The molecule has 1 aliphatic heterocycles. The van der Waals surface area contributed by atoms with Crippen LogP contribution in [-0.2, 0) is 17.9 Å². The standard InChI is InChI=1S/C14H24N4O/c1-4-18-8-7-15-13(18)11-16(2)9-12-5-6-14(19)17(3)10-12/h7-8,12H,4-6,9-11H2,1-3H3. The second-order valence-corrected chi connectivity index (χ2v) is 5.51. The zero-order valence-corrected chi connectivity index (χ0v) is 12.2. The fraction of sp³-hybridized carbons (Fsp3) is 0.714. The van der Waals surface area contributed by atoms with Crippen LogP contribution in [0.25, 0.3) is 0 Å². The molecule has 19 heavy (non-hydrogen) atoms. The number of carbonyl (C=O) groups is 1. The van der Waals surface area contributed by atoms with Gasteiger partial charge < -0.3 is 9.47 Å². The largest absolute Gasteiger partial charge is 0.345 e. The van der Waals surface area contributed by atoms with E-state index in [9.17, 15) is 4.79 Å². The molecule has 1 atom stereocenters. The smallest absolute Gasteiger partial charge is 0.222 e. The molecule has 0 radical (unpaired) electrons. The molecule has 1 saturated heterocycles. The highest BCUT2D eigenvalue weighted by Gasteiger charge is 2.23. The van der Waals surface area contributed by atoms with Crippen molar-refractivity contribution in [3.8, 4) is 0 Å². The fourth-order valence-corrected chi connectivity index (χ4v) is 2.77. The van der Waals surface area contributed by atoms with Gasteiger partial charge in [0.25, 0.3) is 0 Å². The van der Waals surface area contributed by atoms with Crippen LogP contribution in [0.1, 0.15) is 25.6 Å². The highest BCUT2D eigenvalue weighted by atomic mass is 16.2. The van der Waals surface area contributed by atoms with E-state index in [1.165, 1.54) is 0 Å². The zero-order valence-electron chi connectivity index (χ0n) is 12.2. The maximum Gasteiger partial charge on any atom is 0.222 e. The minimum absolute atomic E-state index is 0.278. The van der Waals surface area contributed by atoms with E-state index in [-0.39, 0.29) is 5.91 Å². The van der Waals surface area contributed by atoms with Gasteiger partial charge in [-0.15, -0.1) is 0 Å². The van der Waals surface area contributed by atoms with E-state index in [2.05, 4.69) is 28.4 Å². The maximum atomic E-state index is 11.5. The van der Waals surface area contributed by atoms with Crippen molar-refractivity contribution in [1.29, 1.82) is 0 Å². The summed E-state index contributed by atoms with van der Waals surface area (Å²) in [6, 6.07) is 0. The molecule has 0 aromatic carbocycles. The molecule has 5 nitrogen and oxygen atoms in total. The first kappa shape index (κ1) is 14.1. The number of nitrogens with zero attached hydrogens (tertiary/aromatic N) is 4. The van der Waals surface area contributed by atoms with Crippen LogP contribution in [0.5, 0.6) is 0 Å². The monoisotopic (exact) mass is 264 g/mol. The molecule has 0 bridgehead atoms. The minimum atomic E-state index is 0.278. The summed E-state index contributed by atoms with van der Waals surface area (Å²) in [6.07, 6.45) is 5.59. The van der Waals surface area contributed by atoms with Crippen molar-refractivity contribution >= 4 is 5.91 Å². The second-order valence-electron chi connectivity index (χ2n) is 5.51. The third-order valence-corrected chi connectivity index (χ3v) is 3.85. The Balaban J connectivity index is 1.84. The van der Waals surface area contributed by atoms with Gasteiger partial charge in [0.2, 0.25) is 5.91 Å². The molecular formula is C14H24N4O. The van der Waals surface area contributed by atoms with Crippen molar-refractivity contribution in [2.75, 3.05) is 27.2 Å². The quantitative estimate of drug-likeness (QED) is 0.802. The van der Waals surface area contributed by atoms with Crippen LogP contribution in [0.15, 0.2) is 12.4 Å². The lowest BCUT2D eigenvalue weighted by Crippen LogP contribution is -2.41. The van der Waals surface area contributed by atoms with Crippen molar-refractivity contribution in [2.45, 2.75) is 32.9 Å². The molecule has 1 unspecified atom stereocenters. The lowest BCUT2D eigenvalue weighted by atomic mass is 9.97. The molecule has 0 N–H and O–H groups in total. The van der Waals surface area contributed by atoms with Gasteiger partial charge in [-0.05, 0) is 26.3 Å². The number of hydrogen-bond donors (Lipinski definition) is 0. The number of likely N-dealkylation sites (tertiary alicyclic amines) is 1. The van der Waals surface area contributed by atoms with Crippen molar-refractivity contribution in [2.24, 2.45) is 5.92 Å². The third kappa shape index (κ3) is 3.56. The minimum Gasteiger partial charge on any atom is -0.345 e. The van der Waals surface area contributed by atoms with Gasteiger partial charge in [0.1, 0.15) is 5.82 Å². The normalized spacial score (nSPS) is 20.3. The topological polar surface area (TPSA) is 41.4 Å². The number of carbonyl (C=O) groups excluding carboxylic acids is 1. The third-order valence-electron chi connectivity index (χ3n) is 3.85. The van der Waals surface area contributed by atoms with E-state index < -0.39 is 0 Å². The second kappa shape index (κ2) is 6.19. The van der Waals surface area contributed by atoms with Gasteiger partial charge in [0.05, 0.1) is 6.54 Å². The van der Waals surface area contributed by atoms with Crippen LogP contribution >= 0.6 is 0 Å². The van der Waals surface area contributed by atoms with Crippen LogP contribution in [-0.4, -0.2) is 52.4 Å². The predicted molar refractivity (Wildman–Crippen MR) is 74.6 cm³/mol. The fourth-order valence-electron chi connectivity index (χ4n) is 2.77. The average Bonchev–Trinajstić information content (AvgIpc) is 2.81. The van der Waals surface area contributed by atoms with Gasteiger partial charge in [-0.1, -0.05) is 0 Å². The molecule has 1 fully saturated rings. The Kier molecular flexibility index (Phi) is 4.58. The van der Waals surface area contributed by atoms with Gasteiger partial charge in [0.15, 0.2) is 0 Å². The summed E-state index contributed by atoms with van der Waals surface area (Å²) >= 11 is 0. The summed E-state index contributed by atoms with van der Waals surface area (Å²) in [6.45, 7) is 5.87. The summed E-state index contributed by atoms with van der Waals surface area (Å²) in [4.78, 5) is 20.0. The molecule has 2 rings (SSSR count). The molecule has 0 saturated carbocycles. The molecule has 0 spiro atoms. The van der Waals surface area contributed by atoms with Crippen molar-refractivity contribution in [1.82, 2.24) is 19.4 Å². The number of rotatable bonds is 5. The first-order chi connectivity index (χ1) is 9.10. The Hall–Kier alpha value is -1.36. The number of imidazole rings is 1. The van der Waals surface area contributed by atoms with Crippen LogP contribution in [0.4, 0.5) is 0 Å². The van der Waals surface area contributed by atoms with Crippen LogP contribution < -0.4 is 0 Å². The van der Waals surface area contributed by atoms with Crippen LogP contribution in [0.3, 0.4) is 0 Å². The molecule has 0 aliphatic carbocycles. The first-order valence-corrected chi connectivity index (χ1v) is 7.02. The average molecular weight is 264 g/mol. The Morgan fingerprint density at radius 1 is 1.53 bits per heavy atom. The summed E-state index contributed by atoms with van der Waals surface area (Å²) in [7, 11) is 4.03. The van der Waals surface area contributed by atoms with Crippen LogP contribution in [0, 0.1) is 5.92 Å². The Morgan fingerprint density at radius 3 is 3.00 bits per heavy atom. The van der Waals surface area contributed by atoms with Crippen molar-refractivity contribution in [3.05, 3.63) is 18.2 Å². The van der Waals surface area contributed by atoms with E-state index in [0.29, 0.717) is 12.3 Å². The zero-order chi connectivity index (χ0) is 13.8. The number of aryl methyl sites for hydroxylation is 1. The van der Waals surface area contributed by atoms with E-state index in [4.69, 9.17) is 0 Å². The molecule has 1 aliphatic rings. The predicted octanol–water partition coefficient (Wildman–Crippen LogP) is 1.20. The molecule has 106 valence electrons. The molecular weight excluding hydrogens is 240 g/mol. The van der Waals surface area contributed by atoms with Gasteiger partial charge in [-0.3, -0.25) is 9.69 Å². The van der Waals surface area contributed by atoms with E-state index >= 15 is 0 Å². The number of piperidine rings is 1. The highest BCUT2D eigenvalue weighted by molar-refractivity contribution is 5.76. The SMILES string of the molecule is CCn1ccnc1CN(C)CC1CCC(=O)N(C)C1. The molecule has 2 heterocycles. The van der Waals surface area contributed by atoms with E-state index in [1.807, 2.05) is 24.3 Å². The number of hydrogen-bond acceptors (Lipinski definition) is 3. The summed E-state index contributed by atoms with van der Waals surface area (Å²) in [5, 5.41) is 0. The summed E-state index contributed by atoms with van der Waals surface area (Å²) < 4.78 is 2.17. The number of aromatic nitrogens is 2. The summed E-state index contributed by atoms with van der Waals surface area (Å²) in [5.74, 6) is 1.98. The highest BCUT2D eigenvalue weighted by Crippen LogP contribution is 2.17. The first-order valence-electron chi connectivity index (χ1n) is 7.02. The van der Waals surface area contributed by atoms with Crippen molar-refractivity contribution in [3.63, 3.8) is 0 Å². The lowest BCUT2D eigenvalue weighted by molar-refractivity contribution is -0.133. The van der Waals surface area contributed by atoms with E-state index in [0.717, 1.165) is 38.4 Å². The van der Waals surface area contributed by atoms with Crippen molar-refractivity contribution < 1.29 is 4.79 Å². The molecule has 1 amide bonds. The maximum absolute atomic E-state index is 11.5. The molecule has 1 aromatic heterocycles. The van der Waals surface area contributed by atoms with Gasteiger partial charge in [-0.2, -0.15) is 0 Å². The lowest BCUT2D eigenvalue weighted by Gasteiger charge is -2.32. The van der Waals surface area contributed by atoms with Gasteiger partial charge >= 0.3 is 0 Å². The number of amides is 1. The van der Waals surface area contributed by atoms with Crippen LogP contribution in [0.2, 0.25) is 0 Å². The Bertz CT molecular complexity index is 429. The molecule has 1 aromatic rings. The van der Waals surface area contributed by atoms with Gasteiger partial charge in [-0.25, -0.2) is 4.98 Å². The Labute approximate surface area is 115 Å². The van der Waals surface area contributed by atoms with Gasteiger partial charge in [0, 0.05) is 45.5 Å². The molecule has 5 heteroatoms.